The molecule has 2 aliphatic rings. The summed E-state index contributed by atoms with van der Waals surface area (Å²) in [5.41, 5.74) is 4.42. The molecular weight excluding hydrogens is 552 g/mol. The topological polar surface area (TPSA) is 113 Å². The highest BCUT2D eigenvalue weighted by Crippen LogP contribution is 2.49. The third-order valence-corrected chi connectivity index (χ3v) is 8.17. The van der Waals surface area contributed by atoms with Gasteiger partial charge in [-0.25, -0.2) is 4.79 Å². The molecule has 7 rings (SSSR count). The minimum atomic E-state index is -0.559. The minimum Gasteiger partial charge on any atom is -0.497 e. The number of hydrogen-bond acceptors (Lipinski definition) is 9. The summed E-state index contributed by atoms with van der Waals surface area (Å²) in [6.45, 7) is 1.88. The van der Waals surface area contributed by atoms with Crippen LogP contribution in [0.25, 0.3) is 33.3 Å². The molecular formula is C33H30N2O8. The molecule has 0 bridgehead atoms. The molecule has 10 heteroatoms. The van der Waals surface area contributed by atoms with Crippen molar-refractivity contribution in [1.82, 2.24) is 10.2 Å². The zero-order chi connectivity index (χ0) is 29.7. The number of carbonyl (C=O) groups is 1. The average molecular weight is 583 g/mol. The van der Waals surface area contributed by atoms with Crippen molar-refractivity contribution >= 4 is 27.8 Å². The SMILES string of the molecule is COc1ccc(-c2oc3c(c2CC(=O)NCc2c4c(c(OC)c5c2OCO5)CN(C)CC4)c(=O)oc2ccccc23)cc1. The van der Waals surface area contributed by atoms with Crippen molar-refractivity contribution in [3.05, 3.63) is 81.2 Å². The molecule has 0 saturated carbocycles. The van der Waals surface area contributed by atoms with Crippen LogP contribution in [-0.2, 0) is 30.7 Å². The van der Waals surface area contributed by atoms with E-state index in [1.54, 1.807) is 38.5 Å². The van der Waals surface area contributed by atoms with Crippen molar-refractivity contribution in [2.75, 3.05) is 34.6 Å². The summed E-state index contributed by atoms with van der Waals surface area (Å²) < 4.78 is 34.7. The van der Waals surface area contributed by atoms with Gasteiger partial charge in [-0.2, -0.15) is 0 Å². The molecule has 43 heavy (non-hydrogen) atoms. The van der Waals surface area contributed by atoms with Crippen molar-refractivity contribution in [3.63, 3.8) is 0 Å². The van der Waals surface area contributed by atoms with Gasteiger partial charge in [0.25, 0.3) is 0 Å². The monoisotopic (exact) mass is 582 g/mol. The van der Waals surface area contributed by atoms with Crippen molar-refractivity contribution in [2.24, 2.45) is 0 Å². The summed E-state index contributed by atoms with van der Waals surface area (Å²) in [6.07, 6.45) is 0.685. The molecule has 4 heterocycles. The van der Waals surface area contributed by atoms with Crippen LogP contribution >= 0.6 is 0 Å². The number of ether oxygens (including phenoxy) is 4. The van der Waals surface area contributed by atoms with Gasteiger partial charge < -0.3 is 38.0 Å². The number of para-hydroxylation sites is 1. The van der Waals surface area contributed by atoms with Gasteiger partial charge in [-0.15, -0.1) is 0 Å². The van der Waals surface area contributed by atoms with E-state index >= 15 is 0 Å². The van der Waals surface area contributed by atoms with Crippen molar-refractivity contribution in [1.29, 1.82) is 0 Å². The van der Waals surface area contributed by atoms with Crippen LogP contribution in [0.5, 0.6) is 23.0 Å². The first kappa shape index (κ1) is 26.9. The summed E-state index contributed by atoms with van der Waals surface area (Å²) in [7, 11) is 5.28. The smallest absolute Gasteiger partial charge is 0.347 e. The molecule has 0 spiro atoms. The van der Waals surface area contributed by atoms with Crippen LogP contribution in [0.1, 0.15) is 22.3 Å². The second-order valence-electron chi connectivity index (χ2n) is 10.7. The lowest BCUT2D eigenvalue weighted by Gasteiger charge is -2.29. The fourth-order valence-electron chi connectivity index (χ4n) is 6.11. The minimum absolute atomic E-state index is 0.0847. The quantitative estimate of drug-likeness (QED) is 0.271. The molecule has 0 radical (unpaired) electrons. The number of nitrogens with zero attached hydrogens (tertiary/aromatic N) is 1. The molecule has 10 nitrogen and oxygen atoms in total. The lowest BCUT2D eigenvalue weighted by atomic mass is 9.92. The number of carbonyl (C=O) groups excluding carboxylic acids is 1. The predicted molar refractivity (Wildman–Crippen MR) is 159 cm³/mol. The zero-order valence-corrected chi connectivity index (χ0v) is 24.1. The number of likely N-dealkylation sites (N-methyl/N-ethyl adjacent to an activating group) is 1. The summed E-state index contributed by atoms with van der Waals surface area (Å²) in [6, 6.07) is 14.5. The molecule has 0 saturated heterocycles. The number of nitrogens with one attached hydrogen (secondary N) is 1. The number of fused-ring (bicyclic) bond motifs is 5. The van der Waals surface area contributed by atoms with Crippen molar-refractivity contribution < 1.29 is 32.6 Å². The third kappa shape index (κ3) is 4.54. The van der Waals surface area contributed by atoms with E-state index in [-0.39, 0.29) is 31.1 Å². The fourth-order valence-corrected chi connectivity index (χ4v) is 6.11. The summed E-state index contributed by atoms with van der Waals surface area (Å²) >= 11 is 0. The Morgan fingerprint density at radius 1 is 0.953 bits per heavy atom. The van der Waals surface area contributed by atoms with Gasteiger partial charge in [0, 0.05) is 41.9 Å². The molecule has 0 fully saturated rings. The number of amides is 1. The Labute approximate surface area is 246 Å². The number of rotatable bonds is 7. The van der Waals surface area contributed by atoms with Crippen LogP contribution in [-0.4, -0.2) is 45.4 Å². The Balaban J connectivity index is 1.27. The number of methoxy groups -OCH3 is 2. The van der Waals surface area contributed by atoms with E-state index in [0.717, 1.165) is 29.7 Å². The summed E-state index contributed by atoms with van der Waals surface area (Å²) in [5.74, 6) is 2.66. The number of hydrogen-bond donors (Lipinski definition) is 1. The second-order valence-corrected chi connectivity index (χ2v) is 10.7. The van der Waals surface area contributed by atoms with E-state index < -0.39 is 5.63 Å². The van der Waals surface area contributed by atoms with Gasteiger partial charge in [0.1, 0.15) is 22.5 Å². The maximum absolute atomic E-state index is 13.6. The zero-order valence-electron chi connectivity index (χ0n) is 24.1. The van der Waals surface area contributed by atoms with Gasteiger partial charge in [-0.05, 0) is 55.4 Å². The fraction of sp³-hybridized carbons (Fsp3) is 0.273. The molecule has 0 atom stereocenters. The van der Waals surface area contributed by atoms with Gasteiger partial charge in [-0.3, -0.25) is 4.79 Å². The van der Waals surface area contributed by atoms with E-state index in [1.807, 2.05) is 24.3 Å². The highest BCUT2D eigenvalue weighted by atomic mass is 16.7. The largest absolute Gasteiger partial charge is 0.497 e. The lowest BCUT2D eigenvalue weighted by Crippen LogP contribution is -2.30. The Hall–Kier alpha value is -4.96. The molecule has 0 aliphatic carbocycles. The van der Waals surface area contributed by atoms with E-state index in [4.69, 9.17) is 27.8 Å². The molecule has 0 unspecified atom stereocenters. The average Bonchev–Trinajstić information content (AvgIpc) is 3.65. The normalized spacial score (nSPS) is 14.2. The van der Waals surface area contributed by atoms with E-state index in [2.05, 4.69) is 17.3 Å². The van der Waals surface area contributed by atoms with Gasteiger partial charge in [0.2, 0.25) is 18.4 Å². The van der Waals surface area contributed by atoms with Crippen LogP contribution in [0.15, 0.2) is 62.2 Å². The first-order valence-electron chi connectivity index (χ1n) is 14.0. The van der Waals surface area contributed by atoms with E-state index in [0.29, 0.717) is 63.0 Å². The van der Waals surface area contributed by atoms with Crippen LogP contribution in [0.4, 0.5) is 0 Å². The number of benzene rings is 3. The molecule has 2 aromatic heterocycles. The maximum Gasteiger partial charge on any atom is 0.347 e. The predicted octanol–water partition coefficient (Wildman–Crippen LogP) is 4.80. The molecule has 1 amide bonds. The Kier molecular flexibility index (Phi) is 6.70. The number of furan rings is 1. The Morgan fingerprint density at radius 3 is 2.53 bits per heavy atom. The van der Waals surface area contributed by atoms with Crippen molar-refractivity contribution in [2.45, 2.75) is 25.9 Å². The third-order valence-electron chi connectivity index (χ3n) is 8.17. The Bertz CT molecular complexity index is 1940. The van der Waals surface area contributed by atoms with Gasteiger partial charge in [0.15, 0.2) is 17.1 Å². The standard InChI is InChI=1S/C33H30N2O8/c1-35-13-12-20-23(31-32(41-17-40-31)30(39-3)24(20)16-35)15-34-26(36)14-22-27-29(21-6-4-5-7-25(21)42-33(27)37)43-28(22)18-8-10-19(38-2)11-9-18/h4-11H,12-17H2,1-3H3,(H,34,36). The Morgan fingerprint density at radius 2 is 1.74 bits per heavy atom. The summed E-state index contributed by atoms with van der Waals surface area (Å²) in [4.78, 5) is 29.1. The lowest BCUT2D eigenvalue weighted by molar-refractivity contribution is -0.120. The summed E-state index contributed by atoms with van der Waals surface area (Å²) in [5, 5.41) is 3.97. The second kappa shape index (κ2) is 10.7. The van der Waals surface area contributed by atoms with Crippen LogP contribution in [0, 0.1) is 0 Å². The maximum atomic E-state index is 13.6. The van der Waals surface area contributed by atoms with Gasteiger partial charge >= 0.3 is 5.63 Å². The molecule has 1 N–H and O–H groups in total. The van der Waals surface area contributed by atoms with Crippen molar-refractivity contribution in [3.8, 4) is 34.3 Å². The first-order chi connectivity index (χ1) is 21.0. The van der Waals surface area contributed by atoms with Crippen LogP contribution in [0.2, 0.25) is 0 Å². The molecule has 2 aliphatic heterocycles. The molecule has 3 aromatic carbocycles. The van der Waals surface area contributed by atoms with Crippen LogP contribution in [0.3, 0.4) is 0 Å². The van der Waals surface area contributed by atoms with Gasteiger partial charge in [0.05, 0.1) is 26.0 Å². The molecule has 220 valence electrons. The van der Waals surface area contributed by atoms with E-state index in [1.165, 1.54) is 0 Å². The van der Waals surface area contributed by atoms with E-state index in [9.17, 15) is 9.59 Å². The van der Waals surface area contributed by atoms with Gasteiger partial charge in [-0.1, -0.05) is 12.1 Å². The molecule has 5 aromatic rings. The highest BCUT2D eigenvalue weighted by Gasteiger charge is 2.33. The highest BCUT2D eigenvalue weighted by molar-refractivity contribution is 6.05. The first-order valence-corrected chi connectivity index (χ1v) is 14.0. The van der Waals surface area contributed by atoms with Crippen LogP contribution < -0.4 is 29.9 Å².